The number of hydrogen-bond acceptors (Lipinski definition) is 1. The van der Waals surface area contributed by atoms with Crippen LogP contribution in [-0.4, -0.2) is 5.78 Å². The van der Waals surface area contributed by atoms with Crippen LogP contribution in [0.25, 0.3) is 0 Å². The molecule has 2 unspecified atom stereocenters. The molecule has 0 saturated heterocycles. The number of carbonyl (C=O) groups is 1. The molecule has 1 nitrogen and oxygen atoms in total. The average molecular weight is 322 g/mol. The Hall–Kier alpha value is -1.89. The molecule has 0 amide bonds. The molecule has 2 rings (SSSR count). The molecular weight excluding hydrogens is 292 g/mol. The SMILES string of the molecule is CCC(C)(C(=O)CCc1ccccc1)C(C)(CC)c1ccccc1. The number of rotatable bonds is 8. The highest BCUT2D eigenvalue weighted by Crippen LogP contribution is 2.48. The van der Waals surface area contributed by atoms with Crippen molar-refractivity contribution in [1.82, 2.24) is 0 Å². The number of hydrogen-bond donors (Lipinski definition) is 0. The Bertz CT molecular complexity index is 646. The second-order valence-electron chi connectivity index (χ2n) is 7.15. The molecule has 0 aromatic heterocycles. The average Bonchev–Trinajstić information content (AvgIpc) is 2.66. The van der Waals surface area contributed by atoms with Crippen molar-refractivity contribution in [2.45, 2.75) is 58.8 Å². The lowest BCUT2D eigenvalue weighted by Crippen LogP contribution is -2.46. The van der Waals surface area contributed by atoms with Crippen LogP contribution in [0.2, 0.25) is 0 Å². The lowest BCUT2D eigenvalue weighted by Gasteiger charge is -2.45. The van der Waals surface area contributed by atoms with E-state index in [0.717, 1.165) is 19.3 Å². The van der Waals surface area contributed by atoms with Gasteiger partial charge in [-0.2, -0.15) is 0 Å². The molecule has 0 fully saturated rings. The summed E-state index contributed by atoms with van der Waals surface area (Å²) < 4.78 is 0. The quantitative estimate of drug-likeness (QED) is 0.585. The summed E-state index contributed by atoms with van der Waals surface area (Å²) in [5.74, 6) is 0.377. The van der Waals surface area contributed by atoms with Crippen molar-refractivity contribution in [1.29, 1.82) is 0 Å². The molecule has 24 heavy (non-hydrogen) atoms. The van der Waals surface area contributed by atoms with E-state index in [1.165, 1.54) is 11.1 Å². The Balaban J connectivity index is 2.26. The van der Waals surface area contributed by atoms with Gasteiger partial charge in [-0.1, -0.05) is 88.4 Å². The van der Waals surface area contributed by atoms with Gasteiger partial charge in [-0.25, -0.2) is 0 Å². The predicted octanol–water partition coefficient (Wildman–Crippen LogP) is 5.97. The predicted molar refractivity (Wildman–Crippen MR) is 102 cm³/mol. The number of ketones is 1. The van der Waals surface area contributed by atoms with E-state index in [0.29, 0.717) is 12.2 Å². The summed E-state index contributed by atoms with van der Waals surface area (Å²) in [7, 11) is 0. The second-order valence-corrected chi connectivity index (χ2v) is 7.15. The molecule has 0 aliphatic carbocycles. The fourth-order valence-corrected chi connectivity index (χ4v) is 3.79. The lowest BCUT2D eigenvalue weighted by molar-refractivity contribution is -0.132. The van der Waals surface area contributed by atoms with Gasteiger partial charge in [-0.05, 0) is 30.4 Å². The van der Waals surface area contributed by atoms with Gasteiger partial charge in [-0.15, -0.1) is 0 Å². The van der Waals surface area contributed by atoms with E-state index in [-0.39, 0.29) is 10.8 Å². The molecule has 0 spiro atoms. The molecule has 0 aliphatic rings. The van der Waals surface area contributed by atoms with Crippen molar-refractivity contribution in [3.05, 3.63) is 71.8 Å². The van der Waals surface area contributed by atoms with Crippen LogP contribution >= 0.6 is 0 Å². The Morgan fingerprint density at radius 1 is 0.833 bits per heavy atom. The first-order chi connectivity index (χ1) is 11.5. The Kier molecular flexibility index (Phi) is 5.99. The van der Waals surface area contributed by atoms with Gasteiger partial charge in [0.1, 0.15) is 5.78 Å². The van der Waals surface area contributed by atoms with Gasteiger partial charge in [0, 0.05) is 17.3 Å². The van der Waals surface area contributed by atoms with Crippen LogP contribution in [0.1, 0.15) is 58.1 Å². The van der Waals surface area contributed by atoms with Crippen LogP contribution in [-0.2, 0) is 16.6 Å². The largest absolute Gasteiger partial charge is 0.299 e. The van der Waals surface area contributed by atoms with E-state index < -0.39 is 0 Å². The summed E-state index contributed by atoms with van der Waals surface area (Å²) in [6.45, 7) is 8.77. The van der Waals surface area contributed by atoms with Gasteiger partial charge in [0.15, 0.2) is 0 Å². The number of aryl methyl sites for hydroxylation is 1. The molecule has 1 heteroatoms. The van der Waals surface area contributed by atoms with Crippen LogP contribution < -0.4 is 0 Å². The molecule has 0 heterocycles. The van der Waals surface area contributed by atoms with E-state index in [4.69, 9.17) is 0 Å². The summed E-state index contributed by atoms with van der Waals surface area (Å²) in [5.41, 5.74) is 2.02. The Morgan fingerprint density at radius 2 is 1.38 bits per heavy atom. The molecule has 0 aliphatic heterocycles. The zero-order valence-corrected chi connectivity index (χ0v) is 15.5. The molecule has 0 bridgehead atoms. The van der Waals surface area contributed by atoms with Crippen LogP contribution in [0.4, 0.5) is 0 Å². The molecule has 2 aromatic carbocycles. The molecule has 128 valence electrons. The monoisotopic (exact) mass is 322 g/mol. The zero-order valence-electron chi connectivity index (χ0n) is 15.5. The van der Waals surface area contributed by atoms with Crippen molar-refractivity contribution in [3.8, 4) is 0 Å². The third-order valence-corrected chi connectivity index (χ3v) is 6.14. The first-order valence-corrected chi connectivity index (χ1v) is 9.10. The van der Waals surface area contributed by atoms with E-state index >= 15 is 0 Å². The van der Waals surface area contributed by atoms with E-state index in [1.807, 2.05) is 24.3 Å². The zero-order chi connectivity index (χ0) is 17.6. The minimum absolute atomic E-state index is 0.142. The maximum absolute atomic E-state index is 13.2. The summed E-state index contributed by atoms with van der Waals surface area (Å²) in [4.78, 5) is 13.2. The van der Waals surface area contributed by atoms with E-state index in [9.17, 15) is 4.79 Å². The van der Waals surface area contributed by atoms with Crippen LogP contribution in [0.15, 0.2) is 60.7 Å². The maximum Gasteiger partial charge on any atom is 0.139 e. The first-order valence-electron chi connectivity index (χ1n) is 9.10. The topological polar surface area (TPSA) is 17.1 Å². The molecule has 0 saturated carbocycles. The highest BCUT2D eigenvalue weighted by atomic mass is 16.1. The number of benzene rings is 2. The lowest BCUT2D eigenvalue weighted by atomic mass is 9.57. The van der Waals surface area contributed by atoms with Gasteiger partial charge in [0.2, 0.25) is 0 Å². The minimum Gasteiger partial charge on any atom is -0.299 e. The minimum atomic E-state index is -0.349. The van der Waals surface area contributed by atoms with Crippen molar-refractivity contribution in [2.75, 3.05) is 0 Å². The van der Waals surface area contributed by atoms with Crippen molar-refractivity contribution >= 4 is 5.78 Å². The number of carbonyl (C=O) groups excluding carboxylic acids is 1. The van der Waals surface area contributed by atoms with Gasteiger partial charge in [0.05, 0.1) is 0 Å². The Morgan fingerprint density at radius 3 is 1.88 bits per heavy atom. The van der Waals surface area contributed by atoms with Crippen LogP contribution in [0, 0.1) is 5.41 Å². The molecule has 0 N–H and O–H groups in total. The van der Waals surface area contributed by atoms with Gasteiger partial charge < -0.3 is 0 Å². The van der Waals surface area contributed by atoms with Gasteiger partial charge in [0.25, 0.3) is 0 Å². The van der Waals surface area contributed by atoms with E-state index in [1.54, 1.807) is 0 Å². The highest BCUT2D eigenvalue weighted by molar-refractivity contribution is 5.86. The normalized spacial score (nSPS) is 16.2. The summed E-state index contributed by atoms with van der Waals surface area (Å²) in [6.07, 6.45) is 3.25. The third kappa shape index (κ3) is 3.45. The summed E-state index contributed by atoms with van der Waals surface area (Å²) in [6, 6.07) is 20.8. The van der Waals surface area contributed by atoms with E-state index in [2.05, 4.69) is 64.1 Å². The number of Topliss-reactive ketones (excluding diaryl/α,β-unsaturated/α-hetero) is 1. The molecule has 2 aromatic rings. The molecular formula is C23H30O. The third-order valence-electron chi connectivity index (χ3n) is 6.14. The van der Waals surface area contributed by atoms with Crippen molar-refractivity contribution in [3.63, 3.8) is 0 Å². The Labute approximate surface area is 147 Å². The second kappa shape index (κ2) is 7.79. The van der Waals surface area contributed by atoms with Crippen LogP contribution in [0.5, 0.6) is 0 Å². The molecule has 2 atom stereocenters. The van der Waals surface area contributed by atoms with Crippen molar-refractivity contribution in [2.24, 2.45) is 5.41 Å². The van der Waals surface area contributed by atoms with Gasteiger partial charge >= 0.3 is 0 Å². The smallest absolute Gasteiger partial charge is 0.139 e. The summed E-state index contributed by atoms with van der Waals surface area (Å²) in [5, 5.41) is 0. The standard InChI is InChI=1S/C23H30O/c1-5-22(3,20-15-11-8-12-16-20)23(4,6-2)21(24)18-17-19-13-9-7-10-14-19/h7-16H,5-6,17-18H2,1-4H3. The van der Waals surface area contributed by atoms with Crippen LogP contribution in [0.3, 0.4) is 0 Å². The summed E-state index contributed by atoms with van der Waals surface area (Å²) >= 11 is 0. The molecule has 0 radical (unpaired) electrons. The fraction of sp³-hybridized carbons (Fsp3) is 0.435. The maximum atomic E-state index is 13.2. The fourth-order valence-electron chi connectivity index (χ4n) is 3.79. The first kappa shape index (κ1) is 18.4. The highest BCUT2D eigenvalue weighted by Gasteiger charge is 2.47. The van der Waals surface area contributed by atoms with Gasteiger partial charge in [-0.3, -0.25) is 4.79 Å². The van der Waals surface area contributed by atoms with Crippen molar-refractivity contribution < 1.29 is 4.79 Å².